The number of alkyl halides is 3. The van der Waals surface area contributed by atoms with Crippen LogP contribution in [0, 0.1) is 0 Å². The first-order valence-corrected chi connectivity index (χ1v) is 4.78. The zero-order chi connectivity index (χ0) is 13.6. The molecule has 4 nitrogen and oxygen atoms in total. The lowest BCUT2D eigenvalue weighted by molar-refractivity contribution is -0.203. The zero-order valence-electron chi connectivity index (χ0n) is 9.47. The summed E-state index contributed by atoms with van der Waals surface area (Å²) in [6.07, 6.45) is -5.73. The molecule has 0 aromatic heterocycles. The number of hydrogen-bond donors (Lipinski definition) is 0. The van der Waals surface area contributed by atoms with E-state index in [0.717, 1.165) is 0 Å². The van der Waals surface area contributed by atoms with Gasteiger partial charge in [0.05, 0.1) is 0 Å². The number of ether oxygens (including phenoxy) is 2. The van der Waals surface area contributed by atoms with Gasteiger partial charge in [-0.3, -0.25) is 0 Å². The van der Waals surface area contributed by atoms with E-state index in [1.807, 2.05) is 0 Å². The van der Waals surface area contributed by atoms with Gasteiger partial charge in [0.1, 0.15) is 12.7 Å². The van der Waals surface area contributed by atoms with Crippen LogP contribution in [-0.2, 0) is 19.1 Å². The normalized spacial score (nSPS) is 12.8. The fourth-order valence-corrected chi connectivity index (χ4v) is 0.738. The molecule has 0 aliphatic rings. The highest BCUT2D eigenvalue weighted by Gasteiger charge is 2.41. The number of carbonyl (C=O) groups is 2. The van der Waals surface area contributed by atoms with Crippen molar-refractivity contribution in [2.45, 2.75) is 32.5 Å². The number of halogens is 3. The summed E-state index contributed by atoms with van der Waals surface area (Å²) < 4.78 is 44.1. The van der Waals surface area contributed by atoms with Crippen molar-refractivity contribution in [1.82, 2.24) is 0 Å². The third-order valence-corrected chi connectivity index (χ3v) is 1.71. The van der Waals surface area contributed by atoms with Crippen LogP contribution in [0.2, 0.25) is 0 Å². The third-order valence-electron chi connectivity index (χ3n) is 1.71. The Morgan fingerprint density at radius 2 is 1.88 bits per heavy atom. The highest BCUT2D eigenvalue weighted by molar-refractivity contribution is 5.87. The van der Waals surface area contributed by atoms with Crippen LogP contribution in [0.4, 0.5) is 13.2 Å². The highest BCUT2D eigenvalue weighted by Crippen LogP contribution is 2.17. The van der Waals surface area contributed by atoms with Gasteiger partial charge < -0.3 is 9.47 Å². The van der Waals surface area contributed by atoms with E-state index in [1.54, 1.807) is 6.92 Å². The van der Waals surface area contributed by atoms with E-state index in [2.05, 4.69) is 11.3 Å². The fraction of sp³-hybridized carbons (Fsp3) is 0.600. The molecular formula is C10H13F3O4. The second kappa shape index (κ2) is 6.27. The minimum Gasteiger partial charge on any atom is -0.455 e. The average Bonchev–Trinajstić information content (AvgIpc) is 2.21. The second-order valence-electron chi connectivity index (χ2n) is 3.31. The van der Waals surface area contributed by atoms with Crippen LogP contribution in [0.1, 0.15) is 20.3 Å². The molecule has 0 fully saturated rings. The summed E-state index contributed by atoms with van der Waals surface area (Å²) in [5.74, 6) is -3.04. The highest BCUT2D eigenvalue weighted by atomic mass is 19.4. The predicted molar refractivity (Wildman–Crippen MR) is 52.0 cm³/mol. The van der Waals surface area contributed by atoms with E-state index in [0.29, 0.717) is 0 Å². The van der Waals surface area contributed by atoms with Crippen molar-refractivity contribution in [3.05, 3.63) is 12.2 Å². The topological polar surface area (TPSA) is 52.6 Å². The third kappa shape index (κ3) is 5.94. The Bertz CT molecular complexity index is 309. The standard InChI is InChI=1S/C10H13F3O4/c1-4-7(17-8(14)6(2)3)5-16-9(15)10(11,12)13/h7H,2,4-5H2,1,3H3. The summed E-state index contributed by atoms with van der Waals surface area (Å²) in [5.41, 5.74) is 0.116. The minimum absolute atomic E-state index is 0.116. The van der Waals surface area contributed by atoms with E-state index < -0.39 is 30.8 Å². The van der Waals surface area contributed by atoms with Crippen LogP contribution < -0.4 is 0 Å². The summed E-state index contributed by atoms with van der Waals surface area (Å²) in [6.45, 7) is 5.66. The van der Waals surface area contributed by atoms with Crippen molar-refractivity contribution >= 4 is 11.9 Å². The van der Waals surface area contributed by atoms with Crippen LogP contribution in [-0.4, -0.2) is 30.8 Å². The molecule has 0 rings (SSSR count). The lowest BCUT2D eigenvalue weighted by Crippen LogP contribution is -2.31. The summed E-state index contributed by atoms with van der Waals surface area (Å²) in [7, 11) is 0. The predicted octanol–water partition coefficient (Wildman–Crippen LogP) is 1.99. The number of esters is 2. The van der Waals surface area contributed by atoms with E-state index in [-0.39, 0.29) is 12.0 Å². The number of rotatable bonds is 5. The van der Waals surface area contributed by atoms with Crippen LogP contribution in [0.3, 0.4) is 0 Å². The van der Waals surface area contributed by atoms with Crippen molar-refractivity contribution in [3.63, 3.8) is 0 Å². The lowest BCUT2D eigenvalue weighted by atomic mass is 10.3. The van der Waals surface area contributed by atoms with E-state index in [1.165, 1.54) is 6.92 Å². The maximum absolute atomic E-state index is 11.8. The molecule has 0 N–H and O–H groups in total. The van der Waals surface area contributed by atoms with Gasteiger partial charge in [0.2, 0.25) is 0 Å². The van der Waals surface area contributed by atoms with Gasteiger partial charge in [0.15, 0.2) is 0 Å². The Morgan fingerprint density at radius 1 is 1.35 bits per heavy atom. The van der Waals surface area contributed by atoms with Gasteiger partial charge in [-0.05, 0) is 13.3 Å². The molecular weight excluding hydrogens is 241 g/mol. The first kappa shape index (κ1) is 15.5. The number of hydrogen-bond acceptors (Lipinski definition) is 4. The molecule has 7 heteroatoms. The van der Waals surface area contributed by atoms with Crippen LogP contribution >= 0.6 is 0 Å². The summed E-state index contributed by atoms with van der Waals surface area (Å²) in [5, 5.41) is 0. The summed E-state index contributed by atoms with van der Waals surface area (Å²) >= 11 is 0. The van der Waals surface area contributed by atoms with Crippen LogP contribution in [0.15, 0.2) is 12.2 Å². The average molecular weight is 254 g/mol. The molecule has 0 heterocycles. The molecule has 17 heavy (non-hydrogen) atoms. The van der Waals surface area contributed by atoms with Gasteiger partial charge in [-0.2, -0.15) is 13.2 Å². The van der Waals surface area contributed by atoms with Gasteiger partial charge in [-0.25, -0.2) is 9.59 Å². The summed E-state index contributed by atoms with van der Waals surface area (Å²) in [4.78, 5) is 21.5. The molecule has 0 aromatic carbocycles. The number of carbonyl (C=O) groups excluding carboxylic acids is 2. The monoisotopic (exact) mass is 254 g/mol. The molecule has 0 aliphatic heterocycles. The first-order chi connectivity index (χ1) is 7.68. The Balaban J connectivity index is 4.20. The van der Waals surface area contributed by atoms with Crippen molar-refractivity contribution < 1.29 is 32.2 Å². The van der Waals surface area contributed by atoms with Gasteiger partial charge in [-0.15, -0.1) is 0 Å². The first-order valence-electron chi connectivity index (χ1n) is 4.78. The molecule has 0 aromatic rings. The van der Waals surface area contributed by atoms with Gasteiger partial charge in [-0.1, -0.05) is 13.5 Å². The minimum atomic E-state index is -5.04. The molecule has 1 atom stereocenters. The molecule has 0 amide bonds. The molecule has 0 saturated carbocycles. The quantitative estimate of drug-likeness (QED) is 0.556. The van der Waals surface area contributed by atoms with E-state index in [4.69, 9.17) is 4.74 Å². The van der Waals surface area contributed by atoms with Crippen molar-refractivity contribution in [2.24, 2.45) is 0 Å². The Kier molecular flexibility index (Phi) is 5.70. The van der Waals surface area contributed by atoms with Gasteiger partial charge >= 0.3 is 18.1 Å². The Labute approximate surface area is 96.4 Å². The SMILES string of the molecule is C=C(C)C(=O)OC(CC)COC(=O)C(F)(F)F. The van der Waals surface area contributed by atoms with E-state index in [9.17, 15) is 22.8 Å². The van der Waals surface area contributed by atoms with Crippen LogP contribution in [0.5, 0.6) is 0 Å². The zero-order valence-corrected chi connectivity index (χ0v) is 9.47. The molecule has 1 unspecified atom stereocenters. The maximum atomic E-state index is 11.8. The summed E-state index contributed by atoms with van der Waals surface area (Å²) in [6, 6.07) is 0. The molecule has 0 bridgehead atoms. The Hall–Kier alpha value is -1.53. The van der Waals surface area contributed by atoms with Crippen molar-refractivity contribution in [1.29, 1.82) is 0 Å². The lowest BCUT2D eigenvalue weighted by Gasteiger charge is -2.16. The molecule has 0 spiro atoms. The maximum Gasteiger partial charge on any atom is 0.490 e. The van der Waals surface area contributed by atoms with Gasteiger partial charge in [0.25, 0.3) is 0 Å². The smallest absolute Gasteiger partial charge is 0.455 e. The molecule has 98 valence electrons. The van der Waals surface area contributed by atoms with Crippen molar-refractivity contribution in [2.75, 3.05) is 6.61 Å². The second-order valence-corrected chi connectivity index (χ2v) is 3.31. The molecule has 0 radical (unpaired) electrons. The van der Waals surface area contributed by atoms with Crippen LogP contribution in [0.25, 0.3) is 0 Å². The van der Waals surface area contributed by atoms with Gasteiger partial charge in [0, 0.05) is 5.57 Å². The molecule has 0 saturated heterocycles. The molecule has 0 aliphatic carbocycles. The fourth-order valence-electron chi connectivity index (χ4n) is 0.738. The largest absolute Gasteiger partial charge is 0.490 e. The van der Waals surface area contributed by atoms with E-state index >= 15 is 0 Å². The Morgan fingerprint density at radius 3 is 2.24 bits per heavy atom. The van der Waals surface area contributed by atoms with Crippen molar-refractivity contribution in [3.8, 4) is 0 Å².